The van der Waals surface area contributed by atoms with Gasteiger partial charge in [0.15, 0.2) is 57.0 Å². The van der Waals surface area contributed by atoms with E-state index >= 15 is 0 Å². The molecule has 4 aromatic rings. The number of aromatic nitrogens is 8. The fraction of sp³-hybridized carbons (Fsp3) is 0.711. The molecule has 4 bridgehead atoms. The highest BCUT2D eigenvalue weighted by molar-refractivity contribution is 6.74. The number of fused-ring (bicyclic) bond motifs is 6. The van der Waals surface area contributed by atoms with Crippen molar-refractivity contribution in [2.75, 3.05) is 31.0 Å². The van der Waals surface area contributed by atoms with Crippen LogP contribution in [0.5, 0.6) is 0 Å². The zero-order valence-electron chi connectivity index (χ0n) is 42.6. The van der Waals surface area contributed by atoms with Crippen molar-refractivity contribution in [3.63, 3.8) is 0 Å². The highest BCUT2D eigenvalue weighted by Gasteiger charge is 2.75. The largest absolute Gasteiger partial charge is 0.467 e. The number of carbonyl (C=O) groups excluding carboxylic acids is 3. The number of nitrogens with zero attached hydrogens (tertiary/aromatic N) is 6. The fourth-order valence-electron chi connectivity index (χ4n) is 8.60. The predicted octanol–water partition coefficient (Wildman–Crippen LogP) is 4.24. The average molecular weight is 1010 g/mol. The summed E-state index contributed by atoms with van der Waals surface area (Å²) in [6.07, 6.45) is 0.189. The monoisotopic (exact) mass is 1010 g/mol. The van der Waals surface area contributed by atoms with Crippen molar-refractivity contribution in [2.45, 2.75) is 172 Å². The Morgan fingerprint density at radius 3 is 1.60 bits per heavy atom. The lowest BCUT2D eigenvalue weighted by atomic mass is 9.90. The Hall–Kier alpha value is -4.74. The highest BCUT2D eigenvalue weighted by Crippen LogP contribution is 2.61. The summed E-state index contributed by atoms with van der Waals surface area (Å²) in [5.74, 6) is -1.72. The molecular formula is C45H68N10O13Si2. The smallest absolute Gasteiger partial charge is 0.343 e. The van der Waals surface area contributed by atoms with Gasteiger partial charge in [0.05, 0.1) is 38.6 Å². The zero-order chi connectivity index (χ0) is 51.5. The quantitative estimate of drug-likeness (QED) is 0.0980. The molecule has 8 heterocycles. The standard InChI is InChI=1S/C23H35N5O6Si.C22H33N5O7Si/c1-12(2)17(29)26-20-25-16-13(18(30)27-20)24-11-28(16)19-14-15(34-35(6,7)21(3,4)5)23(33-19,10-32-14)22(31)8-9-22;1-11(2)16(28)25-20-24-15-12(17(29)26-20)23-10-27(15)18-13-14(34-35(7,8)21(3,4)5)22(33-18,9-32-13)19(30)31-6/h11-12,14-15,19,31H,8-10H2,1-7H3,(H2,25,26,27,29,30);10-11,13-14,18H,9H2,1-8H3,(H2,24,25,26,28,29)/t14?,15-,19-,23+;13?,14-,18-,22+/m11/s1. The molecule has 70 heavy (non-hydrogen) atoms. The van der Waals surface area contributed by atoms with Crippen LogP contribution in [0.1, 0.15) is 94.5 Å². The van der Waals surface area contributed by atoms with Crippen molar-refractivity contribution in [1.29, 1.82) is 0 Å². The maximum atomic E-state index is 13.0. The number of aromatic amines is 2. The van der Waals surface area contributed by atoms with E-state index in [1.54, 1.807) is 32.3 Å². The lowest BCUT2D eigenvalue weighted by Gasteiger charge is -2.42. The molecule has 4 aromatic heterocycles. The van der Waals surface area contributed by atoms with Gasteiger partial charge in [-0.3, -0.25) is 48.9 Å². The van der Waals surface area contributed by atoms with E-state index in [9.17, 15) is 29.1 Å². The van der Waals surface area contributed by atoms with E-state index in [2.05, 4.69) is 108 Å². The second-order valence-corrected chi connectivity index (χ2v) is 32.2. The third kappa shape index (κ3) is 8.56. The van der Waals surface area contributed by atoms with Crippen molar-refractivity contribution < 1.29 is 52.0 Å². The van der Waals surface area contributed by atoms with Gasteiger partial charge >= 0.3 is 5.97 Å². The maximum absolute atomic E-state index is 13.0. The van der Waals surface area contributed by atoms with Crippen molar-refractivity contribution in [3.8, 4) is 0 Å². The molecule has 0 spiro atoms. The Bertz CT molecular complexity index is 2820. The zero-order valence-corrected chi connectivity index (χ0v) is 44.6. The van der Waals surface area contributed by atoms with Crippen molar-refractivity contribution in [2.24, 2.45) is 11.8 Å². The summed E-state index contributed by atoms with van der Waals surface area (Å²) in [4.78, 5) is 85.0. The van der Waals surface area contributed by atoms with Crippen LogP contribution in [0.25, 0.3) is 22.3 Å². The first kappa shape index (κ1) is 51.6. The van der Waals surface area contributed by atoms with E-state index in [0.29, 0.717) is 12.8 Å². The molecule has 23 nitrogen and oxygen atoms in total. The predicted molar refractivity (Wildman–Crippen MR) is 259 cm³/mol. The number of hydrogen-bond donors (Lipinski definition) is 5. The van der Waals surface area contributed by atoms with Gasteiger partial charge in [-0.15, -0.1) is 0 Å². The molecule has 25 heteroatoms. The molecule has 5 N–H and O–H groups in total. The fourth-order valence-corrected chi connectivity index (χ4v) is 11.2. The van der Waals surface area contributed by atoms with Crippen LogP contribution >= 0.6 is 0 Å². The second-order valence-electron chi connectivity index (χ2n) is 22.7. The van der Waals surface area contributed by atoms with E-state index in [1.807, 2.05) is 0 Å². The summed E-state index contributed by atoms with van der Waals surface area (Å²) in [5.41, 5.74) is -3.86. The molecule has 5 aliphatic rings. The number of carbonyl (C=O) groups is 3. The molecule has 4 saturated heterocycles. The van der Waals surface area contributed by atoms with Gasteiger partial charge in [0, 0.05) is 11.8 Å². The lowest BCUT2D eigenvalue weighted by molar-refractivity contribution is -0.216. The molecule has 1 aliphatic carbocycles. The Balaban J connectivity index is 0.000000188. The normalized spacial score (nSPS) is 28.1. The molecule has 0 aromatic carbocycles. The Morgan fingerprint density at radius 2 is 1.17 bits per heavy atom. The van der Waals surface area contributed by atoms with E-state index in [-0.39, 0.29) is 81.2 Å². The SMILES string of the molecule is CC(C)C(=O)Nc1nc2c(ncn2[C@@H]2O[C@@]3(C4(O)CC4)COC2[C@H]3O[Si](C)(C)C(C)(C)C)c(=O)[nH]1.COC(=O)[C@@]12COC([C@H](n3cnc4c(=O)[nH]c(NC(=O)C(C)C)nc43)O1)[C@H]2O[Si](C)(C)C(C)(C)C. The van der Waals surface area contributed by atoms with Gasteiger partial charge in [0.25, 0.3) is 11.1 Å². The van der Waals surface area contributed by atoms with E-state index < -0.39 is 87.4 Å². The minimum Gasteiger partial charge on any atom is -0.467 e. The number of imidazole rings is 2. The number of aliphatic hydroxyl groups is 1. The number of rotatable bonds is 12. The summed E-state index contributed by atoms with van der Waals surface area (Å²) < 4.78 is 46.9. The Kier molecular flexibility index (Phi) is 12.9. The molecule has 2 unspecified atom stereocenters. The van der Waals surface area contributed by atoms with E-state index in [1.165, 1.54) is 24.3 Å². The summed E-state index contributed by atoms with van der Waals surface area (Å²) in [6.45, 7) is 28.5. The van der Waals surface area contributed by atoms with Crippen molar-refractivity contribution in [1.82, 2.24) is 39.0 Å². The van der Waals surface area contributed by atoms with Gasteiger partial charge in [0.1, 0.15) is 24.4 Å². The van der Waals surface area contributed by atoms with Gasteiger partial charge in [-0.1, -0.05) is 69.2 Å². The first-order chi connectivity index (χ1) is 32.4. The first-order valence-electron chi connectivity index (χ1n) is 23.7. The van der Waals surface area contributed by atoms with Crippen LogP contribution < -0.4 is 21.8 Å². The molecule has 9 rings (SSSR count). The summed E-state index contributed by atoms with van der Waals surface area (Å²) >= 11 is 0. The number of H-pyrrole nitrogens is 2. The van der Waals surface area contributed by atoms with Crippen LogP contribution in [0.3, 0.4) is 0 Å². The van der Waals surface area contributed by atoms with E-state index in [4.69, 9.17) is 32.5 Å². The summed E-state index contributed by atoms with van der Waals surface area (Å²) in [6, 6.07) is 0. The molecule has 5 fully saturated rings. The van der Waals surface area contributed by atoms with Crippen LogP contribution in [0, 0.1) is 11.8 Å². The Morgan fingerprint density at radius 1 is 0.743 bits per heavy atom. The molecular weight excluding hydrogens is 945 g/mol. The minimum absolute atomic E-state index is 0.0104. The Labute approximate surface area is 406 Å². The highest BCUT2D eigenvalue weighted by atomic mass is 28.4. The number of methoxy groups -OCH3 is 1. The molecule has 2 amide bonds. The van der Waals surface area contributed by atoms with Crippen LogP contribution in [-0.2, 0) is 46.9 Å². The van der Waals surface area contributed by atoms with Gasteiger partial charge in [0.2, 0.25) is 29.3 Å². The maximum Gasteiger partial charge on any atom is 0.343 e. The number of anilines is 2. The molecule has 0 radical (unpaired) electrons. The molecule has 4 aliphatic heterocycles. The minimum atomic E-state index is -2.35. The molecule has 8 atom stereocenters. The number of nitrogens with one attached hydrogen (secondary N) is 4. The lowest BCUT2D eigenvalue weighted by Crippen LogP contribution is -2.57. The van der Waals surface area contributed by atoms with Gasteiger partial charge < -0.3 is 37.6 Å². The van der Waals surface area contributed by atoms with Gasteiger partial charge in [-0.2, -0.15) is 9.97 Å². The number of hydrogen-bond acceptors (Lipinski definition) is 17. The average Bonchev–Trinajstić information content (AvgIpc) is 3.82. The second kappa shape index (κ2) is 17.5. The number of ether oxygens (including phenoxy) is 5. The molecule has 1 saturated carbocycles. The topological polar surface area (TPSA) is 287 Å². The van der Waals surface area contributed by atoms with Gasteiger partial charge in [-0.25, -0.2) is 14.8 Å². The van der Waals surface area contributed by atoms with E-state index in [0.717, 1.165) is 0 Å². The third-order valence-corrected chi connectivity index (χ3v) is 24.1. The first-order valence-corrected chi connectivity index (χ1v) is 29.5. The number of esters is 1. The summed E-state index contributed by atoms with van der Waals surface area (Å²) in [7, 11) is -3.29. The number of amides is 2. The van der Waals surface area contributed by atoms with Crippen molar-refractivity contribution in [3.05, 3.63) is 33.4 Å². The summed E-state index contributed by atoms with van der Waals surface area (Å²) in [5, 5.41) is 16.4. The van der Waals surface area contributed by atoms with Crippen LogP contribution in [-0.4, -0.2) is 140 Å². The van der Waals surface area contributed by atoms with Crippen LogP contribution in [0.2, 0.25) is 36.3 Å². The van der Waals surface area contributed by atoms with Gasteiger partial charge in [-0.05, 0) is 49.1 Å². The third-order valence-electron chi connectivity index (χ3n) is 15.2. The van der Waals surface area contributed by atoms with Crippen LogP contribution in [0.4, 0.5) is 11.9 Å². The van der Waals surface area contributed by atoms with Crippen LogP contribution in [0.15, 0.2) is 22.2 Å². The van der Waals surface area contributed by atoms with Crippen molar-refractivity contribution >= 4 is 68.6 Å². The molecule has 384 valence electrons.